The number of nitrogens with one attached hydrogen (secondary N) is 2. The molecular formula is C18H25FN2O4. The highest BCUT2D eigenvalue weighted by Crippen LogP contribution is 2.17. The van der Waals surface area contributed by atoms with Crippen LogP contribution in [0.15, 0.2) is 18.2 Å². The first kappa shape index (κ1) is 20.6. The minimum absolute atomic E-state index is 0.00522. The predicted molar refractivity (Wildman–Crippen MR) is 92.8 cm³/mol. The minimum Gasteiger partial charge on any atom is -0.480 e. The van der Waals surface area contributed by atoms with E-state index in [2.05, 4.69) is 10.6 Å². The zero-order valence-corrected chi connectivity index (χ0v) is 14.9. The van der Waals surface area contributed by atoms with Gasteiger partial charge in [-0.25, -0.2) is 9.18 Å². The first-order valence-corrected chi connectivity index (χ1v) is 8.23. The normalized spacial score (nSPS) is 12.1. The van der Waals surface area contributed by atoms with Gasteiger partial charge in [0, 0.05) is 12.0 Å². The topological polar surface area (TPSA) is 95.5 Å². The van der Waals surface area contributed by atoms with E-state index in [0.29, 0.717) is 0 Å². The molecule has 25 heavy (non-hydrogen) atoms. The molecule has 0 unspecified atom stereocenters. The minimum atomic E-state index is -1.14. The van der Waals surface area contributed by atoms with Gasteiger partial charge in [0.25, 0.3) is 5.91 Å². The molecule has 0 radical (unpaired) electrons. The molecule has 0 saturated heterocycles. The number of carbonyl (C=O) groups is 3. The SMILES string of the molecule is CC(C)CC(=O)Nc1ccc(C(=O)N[C@@H](CC(C)C)C(=O)O)cc1F. The standard InChI is InChI=1S/C18H25FN2O4/c1-10(2)7-15(18(24)25)21-17(23)12-5-6-14(13(19)9-12)20-16(22)8-11(3)4/h5-6,9-11,15H,7-8H2,1-4H3,(H,20,22)(H,21,23)(H,24,25)/t15-/m0/s1. The van der Waals surface area contributed by atoms with Crippen molar-refractivity contribution in [3.05, 3.63) is 29.6 Å². The van der Waals surface area contributed by atoms with Crippen molar-refractivity contribution < 1.29 is 23.9 Å². The van der Waals surface area contributed by atoms with Gasteiger partial charge in [-0.2, -0.15) is 0 Å². The van der Waals surface area contributed by atoms with Crippen molar-refractivity contribution in [1.82, 2.24) is 5.32 Å². The smallest absolute Gasteiger partial charge is 0.326 e. The van der Waals surface area contributed by atoms with Crippen LogP contribution in [0.25, 0.3) is 0 Å². The molecule has 0 aliphatic heterocycles. The van der Waals surface area contributed by atoms with Crippen molar-refractivity contribution in [1.29, 1.82) is 0 Å². The van der Waals surface area contributed by atoms with Gasteiger partial charge in [-0.05, 0) is 36.5 Å². The van der Waals surface area contributed by atoms with Crippen LogP contribution < -0.4 is 10.6 Å². The molecule has 0 heterocycles. The van der Waals surface area contributed by atoms with E-state index in [1.165, 1.54) is 12.1 Å². The Hall–Kier alpha value is -2.44. The molecule has 1 rings (SSSR count). The number of benzene rings is 1. The van der Waals surface area contributed by atoms with Crippen molar-refractivity contribution in [2.75, 3.05) is 5.32 Å². The molecule has 0 fully saturated rings. The summed E-state index contributed by atoms with van der Waals surface area (Å²) in [6.45, 7) is 7.44. The Balaban J connectivity index is 2.82. The van der Waals surface area contributed by atoms with Gasteiger partial charge in [0.1, 0.15) is 11.9 Å². The summed E-state index contributed by atoms with van der Waals surface area (Å²) in [7, 11) is 0. The highest BCUT2D eigenvalue weighted by molar-refractivity contribution is 5.97. The predicted octanol–water partition coefficient (Wildman–Crippen LogP) is 3.04. The first-order valence-electron chi connectivity index (χ1n) is 8.23. The van der Waals surface area contributed by atoms with Crippen molar-refractivity contribution >= 4 is 23.5 Å². The van der Waals surface area contributed by atoms with Gasteiger partial charge >= 0.3 is 5.97 Å². The highest BCUT2D eigenvalue weighted by atomic mass is 19.1. The summed E-state index contributed by atoms with van der Waals surface area (Å²) in [6, 6.07) is 2.58. The molecule has 0 aromatic heterocycles. The average Bonchev–Trinajstić information content (AvgIpc) is 2.47. The van der Waals surface area contributed by atoms with E-state index >= 15 is 0 Å². The number of hydrogen-bond donors (Lipinski definition) is 3. The molecular weight excluding hydrogens is 327 g/mol. The first-order chi connectivity index (χ1) is 11.6. The fourth-order valence-corrected chi connectivity index (χ4v) is 2.26. The van der Waals surface area contributed by atoms with Crippen LogP contribution in [0, 0.1) is 17.7 Å². The number of halogens is 1. The number of hydrogen-bond acceptors (Lipinski definition) is 3. The molecule has 6 nitrogen and oxygen atoms in total. The Morgan fingerprint density at radius 2 is 1.76 bits per heavy atom. The van der Waals surface area contributed by atoms with E-state index < -0.39 is 23.7 Å². The van der Waals surface area contributed by atoms with E-state index in [0.717, 1.165) is 6.07 Å². The zero-order chi connectivity index (χ0) is 19.1. The van der Waals surface area contributed by atoms with Gasteiger partial charge in [-0.15, -0.1) is 0 Å². The third-order valence-electron chi connectivity index (χ3n) is 3.41. The van der Waals surface area contributed by atoms with E-state index in [-0.39, 0.29) is 41.8 Å². The molecule has 2 amide bonds. The molecule has 138 valence electrons. The summed E-state index contributed by atoms with van der Waals surface area (Å²) in [5, 5.41) is 14.0. The summed E-state index contributed by atoms with van der Waals surface area (Å²) in [4.78, 5) is 35.0. The average molecular weight is 352 g/mol. The van der Waals surface area contributed by atoms with E-state index in [1.54, 1.807) is 0 Å². The number of aliphatic carboxylic acids is 1. The summed E-state index contributed by atoms with van der Waals surface area (Å²) in [5.74, 6) is -2.65. The second kappa shape index (κ2) is 9.15. The maximum atomic E-state index is 14.1. The molecule has 0 saturated carbocycles. The van der Waals surface area contributed by atoms with Gasteiger partial charge in [-0.3, -0.25) is 9.59 Å². The molecule has 1 aromatic carbocycles. The monoisotopic (exact) mass is 352 g/mol. The number of carboxylic acid groups (broad SMARTS) is 1. The summed E-state index contributed by atoms with van der Waals surface area (Å²) in [5.41, 5.74) is -0.0199. The molecule has 0 spiro atoms. The lowest BCUT2D eigenvalue weighted by atomic mass is 10.0. The third-order valence-corrected chi connectivity index (χ3v) is 3.41. The van der Waals surface area contributed by atoms with E-state index in [4.69, 9.17) is 5.11 Å². The number of rotatable bonds is 8. The Labute approximate surface area is 146 Å². The second-order valence-corrected chi connectivity index (χ2v) is 6.83. The summed E-state index contributed by atoms with van der Waals surface area (Å²) in [6.07, 6.45) is 0.532. The Morgan fingerprint density at radius 3 is 2.24 bits per heavy atom. The van der Waals surface area contributed by atoms with Gasteiger partial charge < -0.3 is 15.7 Å². The lowest BCUT2D eigenvalue weighted by Gasteiger charge is -2.16. The quantitative estimate of drug-likeness (QED) is 0.670. The second-order valence-electron chi connectivity index (χ2n) is 6.83. The van der Waals surface area contributed by atoms with Crippen LogP contribution in [-0.2, 0) is 9.59 Å². The fraction of sp³-hybridized carbons (Fsp3) is 0.500. The molecule has 0 aliphatic rings. The Morgan fingerprint density at radius 1 is 1.12 bits per heavy atom. The number of amides is 2. The van der Waals surface area contributed by atoms with Gasteiger partial charge in [0.05, 0.1) is 5.69 Å². The largest absolute Gasteiger partial charge is 0.480 e. The van der Waals surface area contributed by atoms with E-state index in [1.807, 2.05) is 27.7 Å². The van der Waals surface area contributed by atoms with Crippen molar-refractivity contribution in [2.45, 2.75) is 46.6 Å². The zero-order valence-electron chi connectivity index (χ0n) is 14.9. The maximum Gasteiger partial charge on any atom is 0.326 e. The number of anilines is 1. The summed E-state index contributed by atoms with van der Waals surface area (Å²) < 4.78 is 14.1. The van der Waals surface area contributed by atoms with Crippen LogP contribution in [0.2, 0.25) is 0 Å². The van der Waals surface area contributed by atoms with Crippen LogP contribution in [0.3, 0.4) is 0 Å². The van der Waals surface area contributed by atoms with Crippen molar-refractivity contribution in [3.63, 3.8) is 0 Å². The Bertz CT molecular complexity index is 644. The van der Waals surface area contributed by atoms with Gasteiger partial charge in [0.2, 0.25) is 5.91 Å². The number of carboxylic acids is 1. The molecule has 1 atom stereocenters. The molecule has 1 aromatic rings. The van der Waals surface area contributed by atoms with Gasteiger partial charge in [-0.1, -0.05) is 27.7 Å². The lowest BCUT2D eigenvalue weighted by Crippen LogP contribution is -2.41. The maximum absolute atomic E-state index is 14.1. The molecule has 0 aliphatic carbocycles. The summed E-state index contributed by atoms with van der Waals surface area (Å²) >= 11 is 0. The van der Waals surface area contributed by atoms with E-state index in [9.17, 15) is 18.8 Å². The van der Waals surface area contributed by atoms with Crippen LogP contribution >= 0.6 is 0 Å². The molecule has 7 heteroatoms. The van der Waals surface area contributed by atoms with Crippen LogP contribution in [0.1, 0.15) is 50.9 Å². The fourth-order valence-electron chi connectivity index (χ4n) is 2.26. The molecule has 0 bridgehead atoms. The lowest BCUT2D eigenvalue weighted by molar-refractivity contribution is -0.139. The highest BCUT2D eigenvalue weighted by Gasteiger charge is 2.22. The third kappa shape index (κ3) is 6.91. The molecule has 3 N–H and O–H groups in total. The van der Waals surface area contributed by atoms with Crippen LogP contribution in [-0.4, -0.2) is 28.9 Å². The van der Waals surface area contributed by atoms with Gasteiger partial charge in [0.15, 0.2) is 0 Å². The Kier molecular flexibility index (Phi) is 7.54. The van der Waals surface area contributed by atoms with Crippen molar-refractivity contribution in [2.24, 2.45) is 11.8 Å². The van der Waals surface area contributed by atoms with Crippen LogP contribution in [0.4, 0.5) is 10.1 Å². The van der Waals surface area contributed by atoms with Crippen molar-refractivity contribution in [3.8, 4) is 0 Å². The number of carbonyl (C=O) groups excluding carboxylic acids is 2. The van der Waals surface area contributed by atoms with Crippen LogP contribution in [0.5, 0.6) is 0 Å².